The maximum Gasteiger partial charge on any atom is 0.305 e. The van der Waals surface area contributed by atoms with Crippen molar-refractivity contribution < 1.29 is 14.3 Å². The molecule has 0 fully saturated rings. The molecule has 0 bridgehead atoms. The number of rotatable bonds is 8. The lowest BCUT2D eigenvalue weighted by Crippen LogP contribution is -1.99. The van der Waals surface area contributed by atoms with E-state index in [4.69, 9.17) is 0 Å². The molecule has 0 heterocycles. The minimum absolute atomic E-state index is 0.0131. The first-order chi connectivity index (χ1) is 8.20. The van der Waals surface area contributed by atoms with E-state index in [0.29, 0.717) is 12.8 Å². The molecule has 0 aliphatic rings. The highest BCUT2D eigenvalue weighted by Crippen LogP contribution is 2.04. The van der Waals surface area contributed by atoms with Crippen LogP contribution in [0.3, 0.4) is 0 Å². The van der Waals surface area contributed by atoms with Gasteiger partial charge in [-0.2, -0.15) is 0 Å². The van der Waals surface area contributed by atoms with Crippen LogP contribution >= 0.6 is 0 Å². The smallest absolute Gasteiger partial charge is 0.305 e. The molecule has 0 aromatic carbocycles. The molecular formula is C14H22O3. The normalized spacial score (nSPS) is 9.29. The summed E-state index contributed by atoms with van der Waals surface area (Å²) in [5.41, 5.74) is 0. The number of methoxy groups -OCH3 is 1. The summed E-state index contributed by atoms with van der Waals surface area (Å²) in [6.45, 7) is 2.10. The van der Waals surface area contributed by atoms with Gasteiger partial charge in [0.05, 0.1) is 7.11 Å². The number of unbranched alkanes of at least 4 members (excludes halogenated alkanes) is 4. The quantitative estimate of drug-likeness (QED) is 0.283. The minimum Gasteiger partial charge on any atom is -0.469 e. The number of ether oxygens (including phenoxy) is 1. The van der Waals surface area contributed by atoms with Gasteiger partial charge in [0, 0.05) is 19.3 Å². The van der Waals surface area contributed by atoms with E-state index in [0.717, 1.165) is 38.5 Å². The molecule has 0 amide bonds. The van der Waals surface area contributed by atoms with Gasteiger partial charge >= 0.3 is 5.97 Å². The topological polar surface area (TPSA) is 43.4 Å². The van der Waals surface area contributed by atoms with Crippen LogP contribution < -0.4 is 0 Å². The zero-order valence-electron chi connectivity index (χ0n) is 10.9. The molecule has 0 aromatic rings. The number of carbonyl (C=O) groups is 2. The lowest BCUT2D eigenvalue weighted by atomic mass is 10.1. The summed E-state index contributed by atoms with van der Waals surface area (Å²) in [6, 6.07) is 0. The predicted molar refractivity (Wildman–Crippen MR) is 67.4 cm³/mol. The minimum atomic E-state index is -0.185. The van der Waals surface area contributed by atoms with Crippen molar-refractivity contribution in [3.05, 3.63) is 0 Å². The molecule has 0 saturated heterocycles. The summed E-state index contributed by atoms with van der Waals surface area (Å²) in [6.07, 6.45) is 6.37. The van der Waals surface area contributed by atoms with E-state index >= 15 is 0 Å². The van der Waals surface area contributed by atoms with Gasteiger partial charge in [-0.3, -0.25) is 9.59 Å². The van der Waals surface area contributed by atoms with Gasteiger partial charge in [-0.05, 0) is 25.2 Å². The Hall–Kier alpha value is -1.30. The first-order valence-corrected chi connectivity index (χ1v) is 6.29. The summed E-state index contributed by atoms with van der Waals surface area (Å²) >= 11 is 0. The lowest BCUT2D eigenvalue weighted by molar-refractivity contribution is -0.140. The molecule has 3 heteroatoms. The van der Waals surface area contributed by atoms with E-state index in [-0.39, 0.29) is 11.8 Å². The third kappa shape index (κ3) is 11.0. The van der Waals surface area contributed by atoms with Gasteiger partial charge in [0.1, 0.15) is 0 Å². The van der Waals surface area contributed by atoms with Crippen molar-refractivity contribution in [1.29, 1.82) is 0 Å². The largest absolute Gasteiger partial charge is 0.469 e. The van der Waals surface area contributed by atoms with E-state index < -0.39 is 0 Å². The maximum absolute atomic E-state index is 11.3. The molecule has 0 saturated carbocycles. The van der Waals surface area contributed by atoms with Crippen LogP contribution in [-0.2, 0) is 14.3 Å². The number of esters is 1. The second kappa shape index (κ2) is 11.2. The molecule has 0 aromatic heterocycles. The number of hydrogen-bond donors (Lipinski definition) is 0. The molecule has 0 radical (unpaired) electrons. The number of hydrogen-bond acceptors (Lipinski definition) is 3. The zero-order chi connectivity index (χ0) is 12.9. The highest BCUT2D eigenvalue weighted by molar-refractivity contribution is 5.95. The van der Waals surface area contributed by atoms with Crippen LogP contribution in [-0.4, -0.2) is 18.9 Å². The molecule has 0 aliphatic heterocycles. The molecule has 0 atom stereocenters. The first-order valence-electron chi connectivity index (χ1n) is 6.29. The predicted octanol–water partition coefficient (Wildman–Crippen LogP) is 2.87. The molecule has 17 heavy (non-hydrogen) atoms. The highest BCUT2D eigenvalue weighted by atomic mass is 16.5. The molecule has 0 spiro atoms. The molecule has 0 unspecified atom stereocenters. The van der Waals surface area contributed by atoms with Gasteiger partial charge in [0.25, 0.3) is 0 Å². The summed E-state index contributed by atoms with van der Waals surface area (Å²) in [4.78, 5) is 22.1. The van der Waals surface area contributed by atoms with Crippen molar-refractivity contribution in [3.63, 3.8) is 0 Å². The average molecular weight is 238 g/mol. The van der Waals surface area contributed by atoms with Crippen LogP contribution in [0.4, 0.5) is 0 Å². The van der Waals surface area contributed by atoms with Crippen molar-refractivity contribution in [3.8, 4) is 11.8 Å². The molecule has 96 valence electrons. The van der Waals surface area contributed by atoms with Crippen molar-refractivity contribution >= 4 is 11.8 Å². The fourth-order valence-corrected chi connectivity index (χ4v) is 1.32. The Bertz CT molecular complexity index is 284. The molecule has 0 aliphatic carbocycles. The standard InChI is InChI=1S/C14H22O3/c1-3-4-5-7-10-13(15)11-8-6-9-12-14(16)17-2/h3-6,8-9,11-12H2,1-2H3. The lowest BCUT2D eigenvalue weighted by Gasteiger charge is -1.98. The second-order valence-electron chi connectivity index (χ2n) is 3.97. The van der Waals surface area contributed by atoms with E-state index in [1.807, 2.05) is 0 Å². The Morgan fingerprint density at radius 2 is 1.76 bits per heavy atom. The van der Waals surface area contributed by atoms with Crippen LogP contribution in [0.15, 0.2) is 0 Å². The fourth-order valence-electron chi connectivity index (χ4n) is 1.32. The first kappa shape index (κ1) is 15.7. The van der Waals surface area contributed by atoms with Crippen LogP contribution in [0.2, 0.25) is 0 Å². The van der Waals surface area contributed by atoms with Gasteiger partial charge in [0.15, 0.2) is 0 Å². The van der Waals surface area contributed by atoms with Crippen molar-refractivity contribution in [2.24, 2.45) is 0 Å². The average Bonchev–Trinajstić information content (AvgIpc) is 2.34. The molecule has 3 nitrogen and oxygen atoms in total. The van der Waals surface area contributed by atoms with Crippen LogP contribution in [0.1, 0.15) is 58.3 Å². The van der Waals surface area contributed by atoms with Gasteiger partial charge < -0.3 is 4.74 Å². The van der Waals surface area contributed by atoms with Gasteiger partial charge in [-0.25, -0.2) is 0 Å². The SMILES string of the molecule is CCCCC#CC(=O)CCCCCC(=O)OC. The van der Waals surface area contributed by atoms with Crippen LogP contribution in [0.5, 0.6) is 0 Å². The van der Waals surface area contributed by atoms with Crippen molar-refractivity contribution in [2.75, 3.05) is 7.11 Å². The molecule has 0 rings (SSSR count). The van der Waals surface area contributed by atoms with Crippen molar-refractivity contribution in [2.45, 2.75) is 58.3 Å². The van der Waals surface area contributed by atoms with Crippen LogP contribution in [0, 0.1) is 11.8 Å². The molecule has 0 N–H and O–H groups in total. The summed E-state index contributed by atoms with van der Waals surface area (Å²) in [5, 5.41) is 0. The Morgan fingerprint density at radius 1 is 1.06 bits per heavy atom. The van der Waals surface area contributed by atoms with E-state index in [1.54, 1.807) is 0 Å². The van der Waals surface area contributed by atoms with E-state index in [9.17, 15) is 9.59 Å². The Balaban J connectivity index is 3.44. The Morgan fingerprint density at radius 3 is 2.41 bits per heavy atom. The van der Waals surface area contributed by atoms with Gasteiger partial charge in [0.2, 0.25) is 5.78 Å². The molecular weight excluding hydrogens is 216 g/mol. The number of ketones is 1. The Labute approximate surface area is 104 Å². The third-order valence-electron chi connectivity index (χ3n) is 2.40. The summed E-state index contributed by atoms with van der Waals surface area (Å²) in [5.74, 6) is 5.36. The summed E-state index contributed by atoms with van der Waals surface area (Å²) < 4.78 is 4.53. The Kier molecular flexibility index (Phi) is 10.3. The monoisotopic (exact) mass is 238 g/mol. The van der Waals surface area contributed by atoms with Crippen LogP contribution in [0.25, 0.3) is 0 Å². The van der Waals surface area contributed by atoms with Gasteiger partial charge in [-0.15, -0.1) is 0 Å². The second-order valence-corrected chi connectivity index (χ2v) is 3.97. The zero-order valence-corrected chi connectivity index (χ0v) is 10.9. The highest BCUT2D eigenvalue weighted by Gasteiger charge is 2.01. The number of Topliss-reactive ketones (excluding diaryl/α,β-unsaturated/α-hetero) is 1. The van der Waals surface area contributed by atoms with Crippen molar-refractivity contribution in [1.82, 2.24) is 0 Å². The van der Waals surface area contributed by atoms with Gasteiger partial charge in [-0.1, -0.05) is 25.7 Å². The van der Waals surface area contributed by atoms with E-state index in [1.165, 1.54) is 7.11 Å². The fraction of sp³-hybridized carbons (Fsp3) is 0.714. The third-order valence-corrected chi connectivity index (χ3v) is 2.40. The maximum atomic E-state index is 11.3. The summed E-state index contributed by atoms with van der Waals surface area (Å²) in [7, 11) is 1.39. The van der Waals surface area contributed by atoms with E-state index in [2.05, 4.69) is 23.5 Å². The number of carbonyl (C=O) groups excluding carboxylic acids is 2.